The Morgan fingerprint density at radius 1 is 0.550 bits per heavy atom. The Labute approximate surface area is 347 Å². The summed E-state index contributed by atoms with van der Waals surface area (Å²) in [6, 6.07) is 42.3. The molecule has 7 rings (SSSR count). The molecule has 0 unspecified atom stereocenters. The van der Waals surface area contributed by atoms with Gasteiger partial charge < -0.3 is 48.7 Å². The first-order chi connectivity index (χ1) is 29.2. The van der Waals surface area contributed by atoms with Gasteiger partial charge in [0.05, 0.1) is 42.0 Å². The third-order valence-corrected chi connectivity index (χ3v) is 10.2. The molecular formula is C47H47NO12. The summed E-state index contributed by atoms with van der Waals surface area (Å²) in [5.74, 6) is -2.20. The van der Waals surface area contributed by atoms with Gasteiger partial charge in [0.15, 0.2) is 24.8 Å². The van der Waals surface area contributed by atoms with E-state index in [-0.39, 0.29) is 29.9 Å². The van der Waals surface area contributed by atoms with Gasteiger partial charge in [-0.1, -0.05) is 115 Å². The van der Waals surface area contributed by atoms with E-state index in [1.807, 2.05) is 60.7 Å². The molecule has 0 saturated carbocycles. The summed E-state index contributed by atoms with van der Waals surface area (Å²) in [6.07, 6.45) is -10.9. The van der Waals surface area contributed by atoms with Gasteiger partial charge in [0.25, 0.3) is 0 Å². The molecule has 2 heterocycles. The lowest BCUT2D eigenvalue weighted by molar-refractivity contribution is -0.347. The van der Waals surface area contributed by atoms with Crippen LogP contribution in [0.15, 0.2) is 152 Å². The van der Waals surface area contributed by atoms with Crippen LogP contribution in [0.1, 0.15) is 49.1 Å². The van der Waals surface area contributed by atoms with Gasteiger partial charge in [-0.15, -0.1) is 0 Å². The van der Waals surface area contributed by atoms with Gasteiger partial charge in [-0.3, -0.25) is 0 Å². The van der Waals surface area contributed by atoms with Gasteiger partial charge in [0, 0.05) is 0 Å². The lowest BCUT2D eigenvalue weighted by Crippen LogP contribution is -2.67. The maximum atomic E-state index is 13.8. The van der Waals surface area contributed by atoms with Crippen LogP contribution in [0, 0.1) is 0 Å². The third-order valence-electron chi connectivity index (χ3n) is 10.2. The Morgan fingerprint density at radius 3 is 1.48 bits per heavy atom. The van der Waals surface area contributed by atoms with Crippen molar-refractivity contribution in [3.8, 4) is 0 Å². The number of nitrogens with two attached hydrogens (primary N) is 1. The van der Waals surface area contributed by atoms with Crippen molar-refractivity contribution in [1.82, 2.24) is 0 Å². The minimum absolute atomic E-state index is 0.0794. The molecule has 13 heteroatoms. The Bertz CT molecular complexity index is 2060. The van der Waals surface area contributed by atoms with Crippen molar-refractivity contribution in [2.24, 2.45) is 5.73 Å². The maximum absolute atomic E-state index is 13.8. The Balaban J connectivity index is 1.23. The number of hydrogen-bond acceptors (Lipinski definition) is 13. The lowest BCUT2D eigenvalue weighted by Gasteiger charge is -2.48. The van der Waals surface area contributed by atoms with Crippen molar-refractivity contribution in [1.29, 1.82) is 0 Å². The van der Waals surface area contributed by atoms with Crippen LogP contribution in [0.25, 0.3) is 0 Å². The summed E-state index contributed by atoms with van der Waals surface area (Å²) in [7, 11) is 0. The number of rotatable bonds is 15. The number of carbonyl (C=O) groups excluding carboxylic acids is 3. The number of carbonyl (C=O) groups is 3. The largest absolute Gasteiger partial charge is 0.459 e. The van der Waals surface area contributed by atoms with Crippen LogP contribution in [0.2, 0.25) is 0 Å². The maximum Gasteiger partial charge on any atom is 0.338 e. The van der Waals surface area contributed by atoms with Crippen LogP contribution >= 0.6 is 0 Å². The molecular weight excluding hydrogens is 771 g/mol. The highest BCUT2D eigenvalue weighted by Gasteiger charge is 2.54. The van der Waals surface area contributed by atoms with E-state index in [0.29, 0.717) is 0 Å². The fourth-order valence-electron chi connectivity index (χ4n) is 7.06. The van der Waals surface area contributed by atoms with Crippen LogP contribution in [-0.2, 0) is 51.1 Å². The molecule has 10 atom stereocenters. The molecule has 0 spiro atoms. The van der Waals surface area contributed by atoms with Crippen molar-refractivity contribution in [3.63, 3.8) is 0 Å². The highest BCUT2D eigenvalue weighted by molar-refractivity contribution is 5.91. The van der Waals surface area contributed by atoms with Crippen LogP contribution in [0.4, 0.5) is 0 Å². The zero-order chi connectivity index (χ0) is 41.8. The summed E-state index contributed by atoms with van der Waals surface area (Å²) in [5, 5.41) is 11.4. The molecule has 0 aliphatic carbocycles. The molecule has 2 aliphatic heterocycles. The number of aliphatic hydroxyl groups is 1. The predicted molar refractivity (Wildman–Crippen MR) is 216 cm³/mol. The summed E-state index contributed by atoms with van der Waals surface area (Å²) < 4.78 is 49.9. The minimum Gasteiger partial charge on any atom is -0.459 e. The Kier molecular flexibility index (Phi) is 14.4. The quantitative estimate of drug-likeness (QED) is 0.0984. The smallest absolute Gasteiger partial charge is 0.338 e. The second-order valence-corrected chi connectivity index (χ2v) is 14.4. The Morgan fingerprint density at radius 2 is 0.983 bits per heavy atom. The highest BCUT2D eigenvalue weighted by atomic mass is 16.7. The van der Waals surface area contributed by atoms with E-state index in [1.54, 1.807) is 97.9 Å². The molecule has 5 aromatic rings. The molecule has 2 aliphatic rings. The standard InChI is InChI=1S/C47H47NO12/c1-30-38(53-27-31-17-7-2-8-18-31)41(42(46(52)56-30)54-28-32-19-9-3-10-20-32)60-47-37(48)40(59-45(51)35-25-15-6-16-26-35)39(58-44(50)34-23-13-5-14-24-34)36(57-47)29-55-43(49)33-21-11-4-12-22-33/h2-26,30,36-42,46-47,52H,27-29,48H2,1H3/t30-,36+,37-,38-,39+,40+,41+,42+,46+,47-/m0/s1. The summed E-state index contributed by atoms with van der Waals surface area (Å²) >= 11 is 0. The molecule has 2 saturated heterocycles. The van der Waals surface area contributed by atoms with Crippen molar-refractivity contribution in [3.05, 3.63) is 179 Å². The molecule has 60 heavy (non-hydrogen) atoms. The van der Waals surface area contributed by atoms with Gasteiger partial charge in [-0.25, -0.2) is 14.4 Å². The molecule has 312 valence electrons. The van der Waals surface area contributed by atoms with Gasteiger partial charge in [0.1, 0.15) is 31.0 Å². The zero-order valence-electron chi connectivity index (χ0n) is 32.8. The van der Waals surface area contributed by atoms with Gasteiger partial charge >= 0.3 is 17.9 Å². The van der Waals surface area contributed by atoms with E-state index in [9.17, 15) is 19.5 Å². The second kappa shape index (κ2) is 20.5. The van der Waals surface area contributed by atoms with Gasteiger partial charge in [-0.2, -0.15) is 0 Å². The SMILES string of the molecule is C[C@@H]1O[C@@H](O)[C@H](OCc2ccccc2)[C@H](O[C@@H]2O[C@H](COC(=O)c3ccccc3)[C@@H](OC(=O)c3ccccc3)[C@H](OC(=O)c3ccccc3)[C@@H]2N)[C@H]1OCc1ccccc1. The molecule has 5 aromatic carbocycles. The fourth-order valence-corrected chi connectivity index (χ4v) is 7.06. The fraction of sp³-hybridized carbons (Fsp3) is 0.298. The summed E-state index contributed by atoms with van der Waals surface area (Å²) in [5.41, 5.74) is 9.35. The van der Waals surface area contributed by atoms with Crippen LogP contribution in [0.5, 0.6) is 0 Å². The topological polar surface area (TPSA) is 171 Å². The second-order valence-electron chi connectivity index (χ2n) is 14.4. The van der Waals surface area contributed by atoms with Crippen molar-refractivity contribution in [2.75, 3.05) is 6.61 Å². The first-order valence-corrected chi connectivity index (χ1v) is 19.7. The molecule has 3 N–H and O–H groups in total. The van der Waals surface area contributed by atoms with E-state index < -0.39 is 85.9 Å². The number of esters is 3. The molecule has 0 amide bonds. The van der Waals surface area contributed by atoms with E-state index >= 15 is 0 Å². The Hall–Kier alpha value is -5.77. The monoisotopic (exact) mass is 817 g/mol. The van der Waals surface area contributed by atoms with E-state index in [2.05, 4.69) is 0 Å². The lowest BCUT2D eigenvalue weighted by atomic mass is 9.95. The van der Waals surface area contributed by atoms with E-state index in [1.165, 1.54) is 0 Å². The molecule has 0 bridgehead atoms. The molecule has 0 radical (unpaired) electrons. The van der Waals surface area contributed by atoms with Crippen molar-refractivity contribution >= 4 is 17.9 Å². The average Bonchev–Trinajstić information content (AvgIpc) is 3.29. The third kappa shape index (κ3) is 10.7. The molecule has 13 nitrogen and oxygen atoms in total. The summed E-state index contributed by atoms with van der Waals surface area (Å²) in [4.78, 5) is 40.7. The van der Waals surface area contributed by atoms with Gasteiger partial charge in [-0.05, 0) is 54.4 Å². The number of aliphatic hydroxyl groups excluding tert-OH is 1. The predicted octanol–water partition coefficient (Wildman–Crippen LogP) is 5.64. The first kappa shape index (κ1) is 42.4. The average molecular weight is 818 g/mol. The van der Waals surface area contributed by atoms with Gasteiger partial charge in [0.2, 0.25) is 0 Å². The molecule has 2 fully saturated rings. The minimum atomic E-state index is -1.47. The molecule has 0 aromatic heterocycles. The highest BCUT2D eigenvalue weighted by Crippen LogP contribution is 2.34. The zero-order valence-corrected chi connectivity index (χ0v) is 32.8. The number of ether oxygens (including phenoxy) is 8. The van der Waals surface area contributed by atoms with Crippen LogP contribution in [0.3, 0.4) is 0 Å². The number of benzene rings is 5. The van der Waals surface area contributed by atoms with Crippen molar-refractivity contribution < 1.29 is 57.4 Å². The van der Waals surface area contributed by atoms with Crippen LogP contribution in [-0.4, -0.2) is 91.0 Å². The summed E-state index contributed by atoms with van der Waals surface area (Å²) in [6.45, 7) is 1.50. The number of hydrogen-bond donors (Lipinski definition) is 2. The normalized spacial score (nSPS) is 26.4. The van der Waals surface area contributed by atoms with Crippen LogP contribution < -0.4 is 5.73 Å². The van der Waals surface area contributed by atoms with E-state index in [0.717, 1.165) is 11.1 Å². The first-order valence-electron chi connectivity index (χ1n) is 19.7. The van der Waals surface area contributed by atoms with E-state index in [4.69, 9.17) is 43.6 Å². The van der Waals surface area contributed by atoms with Crippen molar-refractivity contribution in [2.45, 2.75) is 81.5 Å².